The predicted molar refractivity (Wildman–Crippen MR) is 95.6 cm³/mol. The molecule has 0 radical (unpaired) electrons. The van der Waals surface area contributed by atoms with Crippen molar-refractivity contribution in [3.8, 4) is 0 Å². The van der Waals surface area contributed by atoms with E-state index in [1.54, 1.807) is 24.3 Å². The SMILES string of the molecule is CN(c1ccc(C(=O)NC[C@H]2CC[C@@H]3CCC[C@@H]32)cc1)S(C)(=O)=O. The lowest BCUT2D eigenvalue weighted by molar-refractivity contribution is 0.0943. The molecule has 0 spiro atoms. The van der Waals surface area contributed by atoms with Crippen LogP contribution in [0.25, 0.3) is 0 Å². The molecule has 3 atom stereocenters. The Morgan fingerprint density at radius 1 is 1.17 bits per heavy atom. The predicted octanol–water partition coefficient (Wildman–Crippen LogP) is 2.64. The average Bonchev–Trinajstić information content (AvgIpc) is 3.15. The van der Waals surface area contributed by atoms with Gasteiger partial charge in [-0.15, -0.1) is 0 Å². The minimum atomic E-state index is -3.29. The monoisotopic (exact) mass is 350 g/mol. The topological polar surface area (TPSA) is 66.5 Å². The summed E-state index contributed by atoms with van der Waals surface area (Å²) >= 11 is 0. The van der Waals surface area contributed by atoms with Gasteiger partial charge in [-0.3, -0.25) is 9.10 Å². The number of amides is 1. The fourth-order valence-corrected chi connectivity index (χ4v) is 4.78. The minimum Gasteiger partial charge on any atom is -0.352 e. The normalized spacial score (nSPS) is 26.2. The maximum Gasteiger partial charge on any atom is 0.251 e. The molecule has 0 unspecified atom stereocenters. The molecule has 0 aliphatic heterocycles. The van der Waals surface area contributed by atoms with Crippen LogP contribution in [0.4, 0.5) is 5.69 Å². The molecule has 24 heavy (non-hydrogen) atoms. The van der Waals surface area contributed by atoms with E-state index in [9.17, 15) is 13.2 Å². The van der Waals surface area contributed by atoms with E-state index in [1.165, 1.54) is 43.5 Å². The molecule has 1 N–H and O–H groups in total. The lowest BCUT2D eigenvalue weighted by atomic mass is 9.92. The molecule has 2 fully saturated rings. The zero-order chi connectivity index (χ0) is 17.3. The molecule has 0 aromatic heterocycles. The third kappa shape index (κ3) is 3.58. The van der Waals surface area contributed by atoms with E-state index in [2.05, 4.69) is 5.32 Å². The number of fused-ring (bicyclic) bond motifs is 1. The summed E-state index contributed by atoms with van der Waals surface area (Å²) in [5.41, 5.74) is 1.13. The van der Waals surface area contributed by atoms with Gasteiger partial charge in [0.2, 0.25) is 10.0 Å². The second-order valence-corrected chi connectivity index (χ2v) is 9.19. The fourth-order valence-electron chi connectivity index (χ4n) is 4.28. The summed E-state index contributed by atoms with van der Waals surface area (Å²) in [5.74, 6) is 2.23. The molecule has 0 saturated heterocycles. The van der Waals surface area contributed by atoms with Gasteiger partial charge in [-0.05, 0) is 61.3 Å². The highest BCUT2D eigenvalue weighted by atomic mass is 32.2. The van der Waals surface area contributed by atoms with Gasteiger partial charge in [0.1, 0.15) is 0 Å². The first kappa shape index (κ1) is 17.3. The first-order valence-electron chi connectivity index (χ1n) is 8.68. The van der Waals surface area contributed by atoms with Crippen LogP contribution in [0.15, 0.2) is 24.3 Å². The van der Waals surface area contributed by atoms with Crippen LogP contribution in [0.2, 0.25) is 0 Å². The van der Waals surface area contributed by atoms with Gasteiger partial charge in [0.15, 0.2) is 0 Å². The molecule has 2 aliphatic rings. The van der Waals surface area contributed by atoms with Crippen molar-refractivity contribution in [2.75, 3.05) is 24.2 Å². The molecule has 6 heteroatoms. The number of hydrogen-bond acceptors (Lipinski definition) is 3. The second kappa shape index (κ2) is 6.75. The Kier molecular flexibility index (Phi) is 4.85. The van der Waals surface area contributed by atoms with Gasteiger partial charge >= 0.3 is 0 Å². The standard InChI is InChI=1S/C18H26N2O3S/c1-20(24(2,22)23)16-10-8-14(9-11-16)18(21)19-12-15-7-6-13-4-3-5-17(13)15/h8-11,13,15,17H,3-7,12H2,1-2H3,(H,19,21)/t13-,15+,17-/m0/s1. The smallest absolute Gasteiger partial charge is 0.251 e. The minimum absolute atomic E-state index is 0.0787. The zero-order valence-electron chi connectivity index (χ0n) is 14.4. The molecule has 0 bridgehead atoms. The number of nitrogens with one attached hydrogen (secondary N) is 1. The van der Waals surface area contributed by atoms with E-state index in [1.807, 2.05) is 0 Å². The van der Waals surface area contributed by atoms with Crippen molar-refractivity contribution in [3.05, 3.63) is 29.8 Å². The summed E-state index contributed by atoms with van der Waals surface area (Å²) in [7, 11) is -1.78. The maximum atomic E-state index is 12.3. The number of hydrogen-bond donors (Lipinski definition) is 1. The summed E-state index contributed by atoms with van der Waals surface area (Å²) in [6.45, 7) is 0.755. The molecule has 132 valence electrons. The molecule has 1 aromatic rings. The first-order valence-corrected chi connectivity index (χ1v) is 10.5. The van der Waals surface area contributed by atoms with E-state index >= 15 is 0 Å². The summed E-state index contributed by atoms with van der Waals surface area (Å²) in [4.78, 5) is 12.3. The van der Waals surface area contributed by atoms with Gasteiger partial charge in [0, 0.05) is 19.2 Å². The van der Waals surface area contributed by atoms with Gasteiger partial charge in [0.05, 0.1) is 11.9 Å². The Bertz CT molecular complexity index is 699. The molecule has 3 rings (SSSR count). The highest BCUT2D eigenvalue weighted by Crippen LogP contribution is 2.47. The van der Waals surface area contributed by atoms with E-state index in [-0.39, 0.29) is 5.91 Å². The number of carbonyl (C=O) groups excluding carboxylic acids is 1. The van der Waals surface area contributed by atoms with Crippen LogP contribution in [0.3, 0.4) is 0 Å². The number of rotatable bonds is 5. The Balaban J connectivity index is 1.57. The van der Waals surface area contributed by atoms with Crippen molar-refractivity contribution in [2.24, 2.45) is 17.8 Å². The molecule has 2 saturated carbocycles. The summed E-state index contributed by atoms with van der Waals surface area (Å²) in [5, 5.41) is 3.06. The van der Waals surface area contributed by atoms with Crippen LogP contribution in [-0.2, 0) is 10.0 Å². The van der Waals surface area contributed by atoms with E-state index < -0.39 is 10.0 Å². The summed E-state index contributed by atoms with van der Waals surface area (Å²) in [6.07, 6.45) is 7.73. The van der Waals surface area contributed by atoms with Gasteiger partial charge in [-0.1, -0.05) is 12.8 Å². The Morgan fingerprint density at radius 2 is 1.88 bits per heavy atom. The van der Waals surface area contributed by atoms with Crippen molar-refractivity contribution in [1.82, 2.24) is 5.32 Å². The van der Waals surface area contributed by atoms with Crippen LogP contribution >= 0.6 is 0 Å². The Labute approximate surface area is 144 Å². The Hall–Kier alpha value is -1.56. The number of anilines is 1. The first-order chi connectivity index (χ1) is 11.4. The molecule has 1 aromatic carbocycles. The number of carbonyl (C=O) groups is 1. The van der Waals surface area contributed by atoms with Crippen LogP contribution in [0.1, 0.15) is 42.5 Å². The third-order valence-corrected chi connectivity index (χ3v) is 6.95. The second-order valence-electron chi connectivity index (χ2n) is 7.18. The van der Waals surface area contributed by atoms with Crippen LogP contribution < -0.4 is 9.62 Å². The molecular weight excluding hydrogens is 324 g/mol. The molecular formula is C18H26N2O3S. The van der Waals surface area contributed by atoms with E-state index in [4.69, 9.17) is 0 Å². The van der Waals surface area contributed by atoms with Crippen molar-refractivity contribution in [2.45, 2.75) is 32.1 Å². The molecule has 2 aliphatic carbocycles. The highest BCUT2D eigenvalue weighted by molar-refractivity contribution is 7.92. The lowest BCUT2D eigenvalue weighted by Crippen LogP contribution is -2.31. The molecule has 1 amide bonds. The van der Waals surface area contributed by atoms with Crippen molar-refractivity contribution < 1.29 is 13.2 Å². The van der Waals surface area contributed by atoms with Gasteiger partial charge in [0.25, 0.3) is 5.91 Å². The van der Waals surface area contributed by atoms with E-state index in [0.29, 0.717) is 17.2 Å². The third-order valence-electron chi connectivity index (χ3n) is 5.75. The zero-order valence-corrected chi connectivity index (χ0v) is 15.2. The van der Waals surface area contributed by atoms with Crippen LogP contribution in [0, 0.1) is 17.8 Å². The lowest BCUT2D eigenvalue weighted by Gasteiger charge is -2.19. The fraction of sp³-hybridized carbons (Fsp3) is 0.611. The van der Waals surface area contributed by atoms with E-state index in [0.717, 1.165) is 24.6 Å². The van der Waals surface area contributed by atoms with Crippen molar-refractivity contribution in [1.29, 1.82) is 0 Å². The van der Waals surface area contributed by atoms with Gasteiger partial charge < -0.3 is 5.32 Å². The van der Waals surface area contributed by atoms with Gasteiger partial charge in [-0.2, -0.15) is 0 Å². The number of benzene rings is 1. The van der Waals surface area contributed by atoms with Crippen molar-refractivity contribution in [3.63, 3.8) is 0 Å². The highest BCUT2D eigenvalue weighted by Gasteiger charge is 2.38. The summed E-state index contributed by atoms with van der Waals surface area (Å²) in [6, 6.07) is 6.69. The quantitative estimate of drug-likeness (QED) is 0.888. The van der Waals surface area contributed by atoms with Crippen LogP contribution in [0.5, 0.6) is 0 Å². The Morgan fingerprint density at radius 3 is 2.54 bits per heavy atom. The molecule has 0 heterocycles. The number of sulfonamides is 1. The largest absolute Gasteiger partial charge is 0.352 e. The molecule has 5 nitrogen and oxygen atoms in total. The van der Waals surface area contributed by atoms with Crippen LogP contribution in [-0.4, -0.2) is 34.2 Å². The van der Waals surface area contributed by atoms with Gasteiger partial charge in [-0.25, -0.2) is 8.42 Å². The number of nitrogens with zero attached hydrogens (tertiary/aromatic N) is 1. The summed E-state index contributed by atoms with van der Waals surface area (Å²) < 4.78 is 24.3. The average molecular weight is 350 g/mol. The maximum absolute atomic E-state index is 12.3. The van der Waals surface area contributed by atoms with Crippen molar-refractivity contribution >= 4 is 21.6 Å².